The molecule has 1 aromatic heterocycles. The van der Waals surface area contributed by atoms with Crippen LogP contribution in [-0.4, -0.2) is 35.3 Å². The van der Waals surface area contributed by atoms with Gasteiger partial charge in [0.2, 0.25) is 5.91 Å². The summed E-state index contributed by atoms with van der Waals surface area (Å²) in [5.41, 5.74) is 3.08. The van der Waals surface area contributed by atoms with E-state index in [0.29, 0.717) is 13.1 Å². The number of carbonyl (C=O) groups is 1. The predicted molar refractivity (Wildman–Crippen MR) is 102 cm³/mol. The number of hydrogen-bond acceptors (Lipinski definition) is 3. The van der Waals surface area contributed by atoms with E-state index in [1.54, 1.807) is 0 Å². The molecule has 0 aliphatic heterocycles. The standard InChI is InChI=1S/C20H29N3O2/c1-20(2,3)18-10-14-9-15(22-19(25)13-5-6-13)7-8-17(14)23(18)12-16(24)11-21-4/h7-10,13,16,21,24H,5-6,11-12H2,1-4H3,(H,22,25). The second-order valence-corrected chi connectivity index (χ2v) is 8.14. The van der Waals surface area contributed by atoms with Crippen LogP contribution in [0.15, 0.2) is 24.3 Å². The molecule has 1 aliphatic carbocycles. The van der Waals surface area contributed by atoms with E-state index in [2.05, 4.69) is 42.0 Å². The van der Waals surface area contributed by atoms with Crippen molar-refractivity contribution in [2.75, 3.05) is 18.9 Å². The van der Waals surface area contributed by atoms with Crippen LogP contribution in [-0.2, 0) is 16.8 Å². The van der Waals surface area contributed by atoms with E-state index < -0.39 is 6.10 Å². The summed E-state index contributed by atoms with van der Waals surface area (Å²) in [7, 11) is 1.84. The third-order valence-electron chi connectivity index (χ3n) is 4.72. The van der Waals surface area contributed by atoms with Crippen LogP contribution in [0.1, 0.15) is 39.3 Å². The maximum atomic E-state index is 12.0. The van der Waals surface area contributed by atoms with Crippen molar-refractivity contribution in [2.24, 2.45) is 5.92 Å². The molecule has 1 unspecified atom stereocenters. The van der Waals surface area contributed by atoms with Gasteiger partial charge in [-0.2, -0.15) is 0 Å². The Morgan fingerprint density at radius 3 is 2.64 bits per heavy atom. The van der Waals surface area contributed by atoms with Gasteiger partial charge in [0.25, 0.3) is 0 Å². The minimum absolute atomic E-state index is 0.0319. The molecule has 1 amide bonds. The Labute approximate surface area is 149 Å². The van der Waals surface area contributed by atoms with Crippen molar-refractivity contribution < 1.29 is 9.90 Å². The van der Waals surface area contributed by atoms with Crippen molar-refractivity contribution >= 4 is 22.5 Å². The SMILES string of the molecule is CNCC(O)Cn1c(C(C)(C)C)cc2cc(NC(=O)C3CC3)ccc21. The quantitative estimate of drug-likeness (QED) is 0.755. The molecule has 3 N–H and O–H groups in total. The molecule has 0 spiro atoms. The smallest absolute Gasteiger partial charge is 0.227 e. The summed E-state index contributed by atoms with van der Waals surface area (Å²) in [6.07, 6.45) is 1.56. The molecule has 0 bridgehead atoms. The molecule has 1 atom stereocenters. The normalized spacial score (nSPS) is 16.2. The molecule has 136 valence electrons. The molecule has 5 heteroatoms. The van der Waals surface area contributed by atoms with Crippen molar-refractivity contribution in [3.8, 4) is 0 Å². The molecule has 0 saturated heterocycles. The zero-order chi connectivity index (χ0) is 18.2. The molecule has 1 fully saturated rings. The first-order valence-electron chi connectivity index (χ1n) is 9.07. The first-order valence-corrected chi connectivity index (χ1v) is 9.07. The lowest BCUT2D eigenvalue weighted by atomic mass is 9.92. The number of amides is 1. The van der Waals surface area contributed by atoms with Crippen molar-refractivity contribution in [3.63, 3.8) is 0 Å². The van der Waals surface area contributed by atoms with Crippen LogP contribution in [0.3, 0.4) is 0 Å². The van der Waals surface area contributed by atoms with Crippen molar-refractivity contribution in [1.29, 1.82) is 0 Å². The Morgan fingerprint density at radius 2 is 2.04 bits per heavy atom. The van der Waals surface area contributed by atoms with E-state index in [0.717, 1.165) is 29.4 Å². The van der Waals surface area contributed by atoms with Crippen LogP contribution in [0.2, 0.25) is 0 Å². The first kappa shape index (κ1) is 18.0. The number of aromatic nitrogens is 1. The Hall–Kier alpha value is -1.85. The van der Waals surface area contributed by atoms with Gasteiger partial charge in [-0.3, -0.25) is 4.79 Å². The Kier molecular flexibility index (Phi) is 4.89. The molecule has 3 rings (SSSR count). The zero-order valence-corrected chi connectivity index (χ0v) is 15.6. The second kappa shape index (κ2) is 6.81. The van der Waals surface area contributed by atoms with Crippen LogP contribution in [0.25, 0.3) is 10.9 Å². The van der Waals surface area contributed by atoms with Crippen LogP contribution < -0.4 is 10.6 Å². The van der Waals surface area contributed by atoms with Crippen LogP contribution in [0.5, 0.6) is 0 Å². The lowest BCUT2D eigenvalue weighted by Gasteiger charge is -2.23. The van der Waals surface area contributed by atoms with E-state index in [9.17, 15) is 9.90 Å². The lowest BCUT2D eigenvalue weighted by Crippen LogP contribution is -2.30. The monoisotopic (exact) mass is 343 g/mol. The maximum absolute atomic E-state index is 12.0. The predicted octanol–water partition coefficient (Wildman–Crippen LogP) is 2.87. The average molecular weight is 343 g/mol. The van der Waals surface area contributed by atoms with Gasteiger partial charge in [-0.15, -0.1) is 0 Å². The van der Waals surface area contributed by atoms with E-state index in [1.165, 1.54) is 5.69 Å². The highest BCUT2D eigenvalue weighted by Crippen LogP contribution is 2.33. The van der Waals surface area contributed by atoms with Gasteiger partial charge in [0.1, 0.15) is 0 Å². The van der Waals surface area contributed by atoms with Gasteiger partial charge in [0.05, 0.1) is 12.6 Å². The highest BCUT2D eigenvalue weighted by Gasteiger charge is 2.29. The second-order valence-electron chi connectivity index (χ2n) is 8.14. The van der Waals surface area contributed by atoms with Gasteiger partial charge in [0.15, 0.2) is 0 Å². The summed E-state index contributed by atoms with van der Waals surface area (Å²) >= 11 is 0. The number of anilines is 1. The van der Waals surface area contributed by atoms with Crippen molar-refractivity contribution in [1.82, 2.24) is 9.88 Å². The fraction of sp³-hybridized carbons (Fsp3) is 0.550. The molecule has 1 saturated carbocycles. The summed E-state index contributed by atoms with van der Waals surface area (Å²) < 4.78 is 2.20. The minimum atomic E-state index is -0.448. The fourth-order valence-electron chi connectivity index (χ4n) is 3.27. The minimum Gasteiger partial charge on any atom is -0.390 e. The summed E-state index contributed by atoms with van der Waals surface area (Å²) in [4.78, 5) is 12.0. The highest BCUT2D eigenvalue weighted by atomic mass is 16.3. The number of fused-ring (bicyclic) bond motifs is 1. The van der Waals surface area contributed by atoms with Gasteiger partial charge in [-0.1, -0.05) is 20.8 Å². The number of nitrogens with one attached hydrogen (secondary N) is 2. The van der Waals surface area contributed by atoms with Crippen molar-refractivity contribution in [3.05, 3.63) is 30.0 Å². The topological polar surface area (TPSA) is 66.3 Å². The molecule has 2 aromatic rings. The zero-order valence-electron chi connectivity index (χ0n) is 15.6. The number of likely N-dealkylation sites (N-methyl/N-ethyl adjacent to an activating group) is 1. The molecule has 1 aromatic carbocycles. The summed E-state index contributed by atoms with van der Waals surface area (Å²) in [6, 6.07) is 8.20. The van der Waals surface area contributed by atoms with Gasteiger partial charge in [-0.05, 0) is 44.2 Å². The molecule has 5 nitrogen and oxygen atoms in total. The van der Waals surface area contributed by atoms with E-state index in [-0.39, 0.29) is 17.2 Å². The van der Waals surface area contributed by atoms with E-state index in [1.807, 2.05) is 25.2 Å². The number of aliphatic hydroxyl groups excluding tert-OH is 1. The third kappa shape index (κ3) is 4.05. The number of hydrogen-bond donors (Lipinski definition) is 3. The Balaban J connectivity index is 1.95. The molecule has 25 heavy (non-hydrogen) atoms. The fourth-order valence-corrected chi connectivity index (χ4v) is 3.27. The van der Waals surface area contributed by atoms with Crippen LogP contribution in [0, 0.1) is 5.92 Å². The number of rotatable bonds is 6. The van der Waals surface area contributed by atoms with Gasteiger partial charge in [0, 0.05) is 40.2 Å². The number of nitrogens with zero attached hydrogens (tertiary/aromatic N) is 1. The summed E-state index contributed by atoms with van der Waals surface area (Å²) in [5, 5.41) is 17.4. The van der Waals surface area contributed by atoms with E-state index >= 15 is 0 Å². The van der Waals surface area contributed by atoms with Crippen LogP contribution in [0.4, 0.5) is 5.69 Å². The van der Waals surface area contributed by atoms with Gasteiger partial charge >= 0.3 is 0 Å². The Morgan fingerprint density at radius 1 is 1.32 bits per heavy atom. The van der Waals surface area contributed by atoms with E-state index in [4.69, 9.17) is 0 Å². The first-order chi connectivity index (χ1) is 11.8. The van der Waals surface area contributed by atoms with Crippen molar-refractivity contribution in [2.45, 2.75) is 51.7 Å². The molecule has 1 aliphatic rings. The molecular formula is C20H29N3O2. The van der Waals surface area contributed by atoms with Gasteiger partial charge in [-0.25, -0.2) is 0 Å². The number of carbonyl (C=O) groups excluding carboxylic acids is 1. The van der Waals surface area contributed by atoms with Gasteiger partial charge < -0.3 is 20.3 Å². The third-order valence-corrected chi connectivity index (χ3v) is 4.72. The molecular weight excluding hydrogens is 314 g/mol. The number of benzene rings is 1. The van der Waals surface area contributed by atoms with Crippen LogP contribution >= 0.6 is 0 Å². The Bertz CT molecular complexity index is 769. The largest absolute Gasteiger partial charge is 0.390 e. The summed E-state index contributed by atoms with van der Waals surface area (Å²) in [5.74, 6) is 0.321. The summed E-state index contributed by atoms with van der Waals surface area (Å²) in [6.45, 7) is 7.64. The molecule has 0 radical (unpaired) electrons. The maximum Gasteiger partial charge on any atom is 0.227 e. The number of aliphatic hydroxyl groups is 1. The highest BCUT2D eigenvalue weighted by molar-refractivity contribution is 5.96. The lowest BCUT2D eigenvalue weighted by molar-refractivity contribution is -0.117. The molecule has 1 heterocycles. The average Bonchev–Trinajstić information content (AvgIpc) is 3.30.